The van der Waals surface area contributed by atoms with E-state index >= 15 is 0 Å². The van der Waals surface area contributed by atoms with Gasteiger partial charge in [0.2, 0.25) is 11.9 Å². The van der Waals surface area contributed by atoms with Gasteiger partial charge in [0.1, 0.15) is 4.70 Å². The molecule has 1 unspecified atom stereocenters. The molecule has 4 aromatic rings. The topological polar surface area (TPSA) is 67.2 Å². The summed E-state index contributed by atoms with van der Waals surface area (Å²) < 4.78 is 2.34. The van der Waals surface area contributed by atoms with Gasteiger partial charge in [0, 0.05) is 18.8 Å². The maximum atomic E-state index is 13.4. The predicted octanol–water partition coefficient (Wildman–Crippen LogP) is 4.92. The zero-order valence-corrected chi connectivity index (χ0v) is 19.6. The Balaban J connectivity index is 1.48. The Bertz CT molecular complexity index is 1360. The van der Waals surface area contributed by atoms with Crippen LogP contribution < -0.4 is 15.8 Å². The average Bonchev–Trinajstić information content (AvgIpc) is 3.31. The molecule has 1 atom stereocenters. The fourth-order valence-corrected chi connectivity index (χ4v) is 5.05. The first-order valence-corrected chi connectivity index (χ1v) is 12.1. The van der Waals surface area contributed by atoms with Crippen LogP contribution in [0.15, 0.2) is 64.8 Å². The summed E-state index contributed by atoms with van der Waals surface area (Å²) in [5.74, 6) is 0.425. The van der Waals surface area contributed by atoms with Crippen molar-refractivity contribution in [1.82, 2.24) is 9.55 Å². The molecule has 33 heavy (non-hydrogen) atoms. The fourth-order valence-electron chi connectivity index (χ4n) is 4.29. The quantitative estimate of drug-likeness (QED) is 0.471. The van der Waals surface area contributed by atoms with Crippen molar-refractivity contribution in [2.45, 2.75) is 26.7 Å². The second-order valence-electron chi connectivity index (χ2n) is 8.66. The van der Waals surface area contributed by atoms with E-state index in [2.05, 4.69) is 10.2 Å². The third-order valence-electron chi connectivity index (χ3n) is 6.15. The number of hydrogen-bond donors (Lipinski definition) is 1. The van der Waals surface area contributed by atoms with Gasteiger partial charge in [-0.2, -0.15) is 0 Å². The Kier molecular flexibility index (Phi) is 5.72. The molecular weight excluding hydrogens is 432 g/mol. The maximum Gasteiger partial charge on any atom is 0.277 e. The summed E-state index contributed by atoms with van der Waals surface area (Å²) in [6, 6.07) is 17.6. The molecule has 5 rings (SSSR count). The van der Waals surface area contributed by atoms with Crippen molar-refractivity contribution in [1.29, 1.82) is 0 Å². The van der Waals surface area contributed by atoms with Gasteiger partial charge in [0.25, 0.3) is 5.56 Å². The zero-order chi connectivity index (χ0) is 22.9. The highest BCUT2D eigenvalue weighted by atomic mass is 32.1. The van der Waals surface area contributed by atoms with Crippen molar-refractivity contribution in [2.75, 3.05) is 23.3 Å². The van der Waals surface area contributed by atoms with Gasteiger partial charge in [0.05, 0.1) is 17.1 Å². The van der Waals surface area contributed by atoms with Crippen LogP contribution in [-0.4, -0.2) is 28.5 Å². The molecule has 1 aliphatic heterocycles. The van der Waals surface area contributed by atoms with Gasteiger partial charge in [0.15, 0.2) is 0 Å². The van der Waals surface area contributed by atoms with Crippen LogP contribution in [0.3, 0.4) is 0 Å². The van der Waals surface area contributed by atoms with Crippen molar-refractivity contribution >= 4 is 39.1 Å². The van der Waals surface area contributed by atoms with Crippen molar-refractivity contribution in [3.63, 3.8) is 0 Å². The summed E-state index contributed by atoms with van der Waals surface area (Å²) in [5.41, 5.74) is 4.51. The molecule has 1 N–H and O–H groups in total. The van der Waals surface area contributed by atoms with Gasteiger partial charge in [-0.15, -0.1) is 11.3 Å². The Morgan fingerprint density at radius 1 is 1.03 bits per heavy atom. The normalized spacial score (nSPS) is 16.2. The first-order valence-electron chi connectivity index (χ1n) is 11.2. The highest BCUT2D eigenvalue weighted by molar-refractivity contribution is 7.17. The molecule has 6 nitrogen and oxygen atoms in total. The lowest BCUT2D eigenvalue weighted by atomic mass is 9.97. The average molecular weight is 459 g/mol. The summed E-state index contributed by atoms with van der Waals surface area (Å²) in [7, 11) is 0. The molecule has 0 radical (unpaired) electrons. The summed E-state index contributed by atoms with van der Waals surface area (Å²) in [6.45, 7) is 5.32. The molecule has 168 valence electrons. The summed E-state index contributed by atoms with van der Waals surface area (Å²) >= 11 is 1.41. The van der Waals surface area contributed by atoms with E-state index < -0.39 is 0 Å². The lowest BCUT2D eigenvalue weighted by Crippen LogP contribution is -2.43. The maximum absolute atomic E-state index is 13.4. The van der Waals surface area contributed by atoms with Crippen LogP contribution >= 0.6 is 11.3 Å². The Hall–Kier alpha value is -3.45. The molecule has 1 saturated heterocycles. The minimum atomic E-state index is -0.179. The number of hydrogen-bond acceptors (Lipinski definition) is 5. The van der Waals surface area contributed by atoms with Crippen LogP contribution in [0, 0.1) is 19.8 Å². The number of fused-ring (bicyclic) bond motifs is 1. The van der Waals surface area contributed by atoms with Gasteiger partial charge >= 0.3 is 0 Å². The largest absolute Gasteiger partial charge is 0.341 e. The second kappa shape index (κ2) is 8.83. The van der Waals surface area contributed by atoms with Gasteiger partial charge in [-0.05, 0) is 62.4 Å². The third kappa shape index (κ3) is 4.28. The van der Waals surface area contributed by atoms with E-state index in [0.717, 1.165) is 41.9 Å². The van der Waals surface area contributed by atoms with Crippen LogP contribution in [0.5, 0.6) is 0 Å². The number of aromatic nitrogens is 2. The number of carbonyl (C=O) groups excluding carboxylic acids is 1. The standard InChI is InChI=1S/C26H26N4O2S/c1-17-5-9-20(10-6-17)27-24(31)19-4-3-14-29(16-19)26-28-22-13-15-33-23(22)25(32)30(26)21-11-7-18(2)8-12-21/h5-13,15,19H,3-4,14,16H2,1-2H3,(H,27,31). The van der Waals surface area contributed by atoms with Crippen LogP contribution in [0.25, 0.3) is 15.9 Å². The van der Waals surface area contributed by atoms with Crippen LogP contribution in [-0.2, 0) is 4.79 Å². The molecule has 1 amide bonds. The Morgan fingerprint density at radius 3 is 2.45 bits per heavy atom. The number of rotatable bonds is 4. The van der Waals surface area contributed by atoms with Crippen molar-refractivity contribution < 1.29 is 4.79 Å². The number of thiophene rings is 1. The van der Waals surface area contributed by atoms with Crippen LogP contribution in [0.4, 0.5) is 11.6 Å². The summed E-state index contributed by atoms with van der Waals surface area (Å²) in [4.78, 5) is 33.4. The first kappa shape index (κ1) is 21.4. The number of nitrogens with zero attached hydrogens (tertiary/aromatic N) is 3. The molecule has 0 aliphatic carbocycles. The van der Waals surface area contributed by atoms with E-state index in [0.29, 0.717) is 22.7 Å². The fraction of sp³-hybridized carbons (Fsp3) is 0.269. The lowest BCUT2D eigenvalue weighted by Gasteiger charge is -2.34. The molecule has 0 spiro atoms. The van der Waals surface area contributed by atoms with E-state index in [9.17, 15) is 9.59 Å². The van der Waals surface area contributed by atoms with E-state index in [4.69, 9.17) is 4.98 Å². The van der Waals surface area contributed by atoms with Gasteiger partial charge in [-0.25, -0.2) is 9.55 Å². The first-order chi connectivity index (χ1) is 16.0. The van der Waals surface area contributed by atoms with Crippen LogP contribution in [0.2, 0.25) is 0 Å². The minimum absolute atomic E-state index is 0.00407. The second-order valence-corrected chi connectivity index (χ2v) is 9.58. The lowest BCUT2D eigenvalue weighted by molar-refractivity contribution is -0.120. The van der Waals surface area contributed by atoms with Crippen molar-refractivity contribution in [2.24, 2.45) is 5.92 Å². The van der Waals surface area contributed by atoms with Gasteiger partial charge in [-0.3, -0.25) is 9.59 Å². The van der Waals surface area contributed by atoms with Gasteiger partial charge in [-0.1, -0.05) is 35.4 Å². The van der Waals surface area contributed by atoms with Crippen LogP contribution in [0.1, 0.15) is 24.0 Å². The number of benzene rings is 2. The van der Waals surface area contributed by atoms with Crippen molar-refractivity contribution in [3.05, 3.63) is 81.5 Å². The highest BCUT2D eigenvalue weighted by Crippen LogP contribution is 2.27. The number of nitrogens with one attached hydrogen (secondary N) is 1. The zero-order valence-electron chi connectivity index (χ0n) is 18.7. The minimum Gasteiger partial charge on any atom is -0.341 e. The monoisotopic (exact) mass is 458 g/mol. The summed E-state index contributed by atoms with van der Waals surface area (Å²) in [6.07, 6.45) is 1.67. The van der Waals surface area contributed by atoms with Crippen molar-refractivity contribution in [3.8, 4) is 5.69 Å². The number of piperidine rings is 1. The van der Waals surface area contributed by atoms with E-state index in [-0.39, 0.29) is 17.4 Å². The number of amides is 1. The van der Waals surface area contributed by atoms with E-state index in [1.54, 1.807) is 4.57 Å². The SMILES string of the molecule is Cc1ccc(NC(=O)C2CCCN(c3nc4ccsc4c(=O)n3-c3ccc(C)cc3)C2)cc1. The third-order valence-corrected chi connectivity index (χ3v) is 7.04. The Labute approximate surface area is 196 Å². The summed E-state index contributed by atoms with van der Waals surface area (Å²) in [5, 5.41) is 4.95. The molecular formula is C26H26N4O2S. The predicted molar refractivity (Wildman–Crippen MR) is 135 cm³/mol. The van der Waals surface area contributed by atoms with Gasteiger partial charge < -0.3 is 10.2 Å². The molecule has 0 bridgehead atoms. The highest BCUT2D eigenvalue weighted by Gasteiger charge is 2.29. The van der Waals surface area contributed by atoms with E-state index in [1.807, 2.05) is 73.8 Å². The number of carbonyl (C=O) groups is 1. The molecule has 1 fully saturated rings. The van der Waals surface area contributed by atoms with E-state index in [1.165, 1.54) is 11.3 Å². The number of anilines is 2. The molecule has 7 heteroatoms. The molecule has 0 saturated carbocycles. The smallest absolute Gasteiger partial charge is 0.277 e. The Morgan fingerprint density at radius 2 is 1.73 bits per heavy atom. The molecule has 1 aliphatic rings. The number of aryl methyl sites for hydroxylation is 2. The molecule has 3 heterocycles. The molecule has 2 aromatic heterocycles. The molecule has 2 aromatic carbocycles.